The highest BCUT2D eigenvalue weighted by atomic mass is 16.2. The third-order valence-electron chi connectivity index (χ3n) is 4.53. The van der Waals surface area contributed by atoms with E-state index in [1.165, 1.54) is 19.3 Å². The predicted molar refractivity (Wildman–Crippen MR) is 71.6 cm³/mol. The first-order valence-corrected chi connectivity index (χ1v) is 6.77. The Hall–Kier alpha value is -1.51. The average molecular weight is 244 g/mol. The van der Waals surface area contributed by atoms with Crippen LogP contribution >= 0.6 is 0 Å². The molecule has 2 atom stereocenters. The number of carbonyl (C=O) groups excluding carboxylic acids is 1. The summed E-state index contributed by atoms with van der Waals surface area (Å²) < 4.78 is 0. The van der Waals surface area contributed by atoms with Crippen molar-refractivity contribution in [2.75, 3.05) is 12.8 Å². The maximum atomic E-state index is 12.3. The fourth-order valence-electron chi connectivity index (χ4n) is 3.45. The van der Waals surface area contributed by atoms with Crippen molar-refractivity contribution in [1.82, 2.24) is 4.90 Å². The first-order valence-electron chi connectivity index (χ1n) is 6.77. The van der Waals surface area contributed by atoms with Crippen LogP contribution in [0.15, 0.2) is 24.3 Å². The molecule has 2 fully saturated rings. The van der Waals surface area contributed by atoms with Gasteiger partial charge < -0.3 is 10.6 Å². The van der Waals surface area contributed by atoms with Crippen LogP contribution in [0.2, 0.25) is 0 Å². The SMILES string of the molecule is CN(Cc1ccccc1N)C(=O)C1C2CCCC21. The molecule has 0 aromatic heterocycles. The van der Waals surface area contributed by atoms with Crippen LogP contribution in [0.25, 0.3) is 0 Å². The Bertz CT molecular complexity index is 461. The van der Waals surface area contributed by atoms with Crippen molar-refractivity contribution in [2.24, 2.45) is 17.8 Å². The van der Waals surface area contributed by atoms with Gasteiger partial charge in [0.1, 0.15) is 0 Å². The van der Waals surface area contributed by atoms with E-state index in [-0.39, 0.29) is 0 Å². The highest BCUT2D eigenvalue weighted by Crippen LogP contribution is 2.58. The Morgan fingerprint density at radius 2 is 2.00 bits per heavy atom. The second-order valence-electron chi connectivity index (χ2n) is 5.68. The first kappa shape index (κ1) is 11.6. The molecular formula is C15H20N2O. The third-order valence-corrected chi connectivity index (χ3v) is 4.53. The van der Waals surface area contributed by atoms with Gasteiger partial charge in [0.25, 0.3) is 0 Å². The minimum Gasteiger partial charge on any atom is -0.398 e. The molecule has 0 spiro atoms. The number of amides is 1. The van der Waals surface area contributed by atoms with Gasteiger partial charge in [-0.15, -0.1) is 0 Å². The zero-order chi connectivity index (χ0) is 12.7. The summed E-state index contributed by atoms with van der Waals surface area (Å²) in [6.45, 7) is 0.626. The summed E-state index contributed by atoms with van der Waals surface area (Å²) >= 11 is 0. The zero-order valence-corrected chi connectivity index (χ0v) is 10.8. The summed E-state index contributed by atoms with van der Waals surface area (Å²) in [6.07, 6.45) is 3.82. The van der Waals surface area contributed by atoms with E-state index < -0.39 is 0 Å². The van der Waals surface area contributed by atoms with Crippen LogP contribution in [-0.4, -0.2) is 17.9 Å². The summed E-state index contributed by atoms with van der Waals surface area (Å²) in [5, 5.41) is 0. The van der Waals surface area contributed by atoms with Crippen LogP contribution in [0, 0.1) is 17.8 Å². The Kier molecular flexibility index (Phi) is 2.77. The molecule has 96 valence electrons. The smallest absolute Gasteiger partial charge is 0.226 e. The van der Waals surface area contributed by atoms with Gasteiger partial charge in [-0.3, -0.25) is 4.79 Å². The molecule has 2 aliphatic carbocycles. The highest BCUT2D eigenvalue weighted by molar-refractivity contribution is 5.82. The largest absolute Gasteiger partial charge is 0.398 e. The number of nitrogens with zero attached hydrogens (tertiary/aromatic N) is 1. The van der Waals surface area contributed by atoms with Gasteiger partial charge in [0.2, 0.25) is 5.91 Å². The number of nitrogens with two attached hydrogens (primary N) is 1. The summed E-state index contributed by atoms with van der Waals surface area (Å²) in [5.74, 6) is 2.00. The zero-order valence-electron chi connectivity index (χ0n) is 10.8. The molecule has 0 bridgehead atoms. The Morgan fingerprint density at radius 1 is 1.33 bits per heavy atom. The highest BCUT2D eigenvalue weighted by Gasteiger charge is 2.57. The summed E-state index contributed by atoms with van der Waals surface area (Å²) in [6, 6.07) is 7.77. The quantitative estimate of drug-likeness (QED) is 0.829. The van der Waals surface area contributed by atoms with Crippen molar-refractivity contribution in [1.29, 1.82) is 0 Å². The first-order chi connectivity index (χ1) is 8.68. The van der Waals surface area contributed by atoms with Gasteiger partial charge in [-0.2, -0.15) is 0 Å². The Balaban J connectivity index is 1.63. The van der Waals surface area contributed by atoms with E-state index in [0.717, 1.165) is 11.3 Å². The van der Waals surface area contributed by atoms with Gasteiger partial charge in [0.15, 0.2) is 0 Å². The number of benzene rings is 1. The summed E-state index contributed by atoms with van der Waals surface area (Å²) in [7, 11) is 1.89. The molecule has 2 saturated carbocycles. The van der Waals surface area contributed by atoms with Crippen molar-refractivity contribution in [3.05, 3.63) is 29.8 Å². The number of nitrogen functional groups attached to an aromatic ring is 1. The molecule has 0 saturated heterocycles. The molecule has 2 unspecified atom stereocenters. The van der Waals surface area contributed by atoms with Crippen LogP contribution < -0.4 is 5.73 Å². The number of hydrogen-bond acceptors (Lipinski definition) is 2. The fourth-order valence-corrected chi connectivity index (χ4v) is 3.45. The molecule has 1 amide bonds. The second kappa shape index (κ2) is 4.30. The van der Waals surface area contributed by atoms with E-state index in [4.69, 9.17) is 5.73 Å². The van der Waals surface area contributed by atoms with Crippen molar-refractivity contribution >= 4 is 11.6 Å². The Morgan fingerprint density at radius 3 is 2.67 bits per heavy atom. The molecule has 3 rings (SSSR count). The third kappa shape index (κ3) is 1.88. The molecule has 0 aliphatic heterocycles. The topological polar surface area (TPSA) is 46.3 Å². The molecular weight excluding hydrogens is 224 g/mol. The molecule has 18 heavy (non-hydrogen) atoms. The monoisotopic (exact) mass is 244 g/mol. The number of carbonyl (C=O) groups is 1. The molecule has 0 heterocycles. The molecule has 0 radical (unpaired) electrons. The van der Waals surface area contributed by atoms with Crippen LogP contribution in [-0.2, 0) is 11.3 Å². The lowest BCUT2D eigenvalue weighted by Gasteiger charge is -2.19. The van der Waals surface area contributed by atoms with E-state index in [1.807, 2.05) is 36.2 Å². The van der Waals surface area contributed by atoms with E-state index in [0.29, 0.717) is 30.2 Å². The van der Waals surface area contributed by atoms with Gasteiger partial charge in [-0.05, 0) is 36.3 Å². The standard InChI is InChI=1S/C15H20N2O/c1-17(9-10-5-2-3-8-13(10)16)15(18)14-11-6-4-7-12(11)14/h2-3,5,8,11-12,14H,4,6-7,9,16H2,1H3. The van der Waals surface area contributed by atoms with Crippen molar-refractivity contribution in [3.8, 4) is 0 Å². The minimum absolute atomic E-state index is 0.313. The molecule has 2 N–H and O–H groups in total. The molecule has 1 aromatic rings. The lowest BCUT2D eigenvalue weighted by molar-refractivity contribution is -0.132. The number of rotatable bonds is 3. The van der Waals surface area contributed by atoms with Crippen molar-refractivity contribution in [2.45, 2.75) is 25.8 Å². The van der Waals surface area contributed by atoms with E-state index in [1.54, 1.807) is 0 Å². The number of para-hydroxylation sites is 1. The fraction of sp³-hybridized carbons (Fsp3) is 0.533. The molecule has 3 heteroatoms. The molecule has 3 nitrogen and oxygen atoms in total. The normalized spacial score (nSPS) is 28.8. The van der Waals surface area contributed by atoms with Crippen LogP contribution in [0.1, 0.15) is 24.8 Å². The lowest BCUT2D eigenvalue weighted by Crippen LogP contribution is -2.29. The van der Waals surface area contributed by atoms with E-state index in [2.05, 4.69) is 0 Å². The minimum atomic E-state index is 0.313. The van der Waals surface area contributed by atoms with Gasteiger partial charge in [0, 0.05) is 25.2 Å². The van der Waals surface area contributed by atoms with Gasteiger partial charge in [0.05, 0.1) is 0 Å². The van der Waals surface area contributed by atoms with Gasteiger partial charge in [-0.1, -0.05) is 24.6 Å². The Labute approximate surface area is 108 Å². The van der Waals surface area contributed by atoms with E-state index >= 15 is 0 Å². The summed E-state index contributed by atoms with van der Waals surface area (Å²) in [5.41, 5.74) is 7.73. The van der Waals surface area contributed by atoms with Crippen molar-refractivity contribution < 1.29 is 4.79 Å². The predicted octanol–water partition coefficient (Wildman–Crippen LogP) is 2.27. The van der Waals surface area contributed by atoms with Gasteiger partial charge in [-0.25, -0.2) is 0 Å². The van der Waals surface area contributed by atoms with Gasteiger partial charge >= 0.3 is 0 Å². The number of hydrogen-bond donors (Lipinski definition) is 1. The van der Waals surface area contributed by atoms with Crippen LogP contribution in [0.3, 0.4) is 0 Å². The van der Waals surface area contributed by atoms with E-state index in [9.17, 15) is 4.79 Å². The molecule has 2 aliphatic rings. The summed E-state index contributed by atoms with van der Waals surface area (Å²) in [4.78, 5) is 14.2. The maximum absolute atomic E-state index is 12.3. The molecule has 1 aromatic carbocycles. The maximum Gasteiger partial charge on any atom is 0.226 e. The van der Waals surface area contributed by atoms with Crippen LogP contribution in [0.5, 0.6) is 0 Å². The average Bonchev–Trinajstić information content (AvgIpc) is 2.83. The second-order valence-corrected chi connectivity index (χ2v) is 5.68. The van der Waals surface area contributed by atoms with Crippen LogP contribution in [0.4, 0.5) is 5.69 Å². The number of fused-ring (bicyclic) bond motifs is 1. The van der Waals surface area contributed by atoms with Crippen molar-refractivity contribution in [3.63, 3.8) is 0 Å². The number of anilines is 1. The lowest BCUT2D eigenvalue weighted by atomic mass is 10.1.